The van der Waals surface area contributed by atoms with Crippen LogP contribution in [0.1, 0.15) is 71.9 Å². The molecule has 3 rings (SSSR count). The Bertz CT molecular complexity index is 1010. The van der Waals surface area contributed by atoms with Crippen LogP contribution >= 0.6 is 0 Å². The third-order valence-electron chi connectivity index (χ3n) is 5.85. The van der Waals surface area contributed by atoms with Crippen molar-refractivity contribution in [3.05, 3.63) is 64.7 Å². The van der Waals surface area contributed by atoms with Crippen LogP contribution in [0.3, 0.4) is 0 Å². The molecule has 0 spiro atoms. The number of imide groups is 1. The molecule has 7 nitrogen and oxygen atoms in total. The first-order valence-electron chi connectivity index (χ1n) is 11.5. The molecule has 2 aromatic rings. The van der Waals surface area contributed by atoms with Crippen LogP contribution in [-0.4, -0.2) is 41.2 Å². The zero-order valence-corrected chi connectivity index (χ0v) is 19.3. The highest BCUT2D eigenvalue weighted by molar-refractivity contribution is 6.22. The van der Waals surface area contributed by atoms with E-state index in [9.17, 15) is 19.2 Å². The van der Waals surface area contributed by atoms with Gasteiger partial charge in [-0.1, -0.05) is 63.9 Å². The molecule has 33 heavy (non-hydrogen) atoms. The number of carbonyl (C=O) groups is 4. The number of nitrogens with zero attached hydrogens (tertiary/aromatic N) is 1. The van der Waals surface area contributed by atoms with E-state index in [0.29, 0.717) is 6.42 Å². The number of carbonyl (C=O) groups excluding carboxylic acids is 4. The average Bonchev–Trinajstić information content (AvgIpc) is 3.08. The number of ether oxygens (including phenoxy) is 1. The monoisotopic (exact) mass is 450 g/mol. The van der Waals surface area contributed by atoms with Gasteiger partial charge in [0.2, 0.25) is 0 Å². The Morgan fingerprint density at radius 3 is 2.00 bits per heavy atom. The average molecular weight is 451 g/mol. The molecule has 0 saturated carbocycles. The Morgan fingerprint density at radius 1 is 0.909 bits per heavy atom. The molecule has 0 saturated heterocycles. The number of unbranched alkanes of at least 4 members (excludes halogenated alkanes) is 1. The number of anilines is 1. The summed E-state index contributed by atoms with van der Waals surface area (Å²) in [5.74, 6) is -2.24. The summed E-state index contributed by atoms with van der Waals surface area (Å²) in [6, 6.07) is 11.3. The van der Waals surface area contributed by atoms with Gasteiger partial charge in [-0.15, -0.1) is 0 Å². The molecule has 1 aliphatic rings. The van der Waals surface area contributed by atoms with Gasteiger partial charge in [-0.3, -0.25) is 19.3 Å². The van der Waals surface area contributed by atoms with Crippen molar-refractivity contribution < 1.29 is 23.9 Å². The zero-order chi connectivity index (χ0) is 24.0. The predicted molar refractivity (Wildman–Crippen MR) is 125 cm³/mol. The quantitative estimate of drug-likeness (QED) is 0.434. The number of aryl methyl sites for hydroxylation is 2. The second kappa shape index (κ2) is 10.9. The van der Waals surface area contributed by atoms with E-state index in [1.54, 1.807) is 24.3 Å². The Morgan fingerprint density at radius 2 is 1.48 bits per heavy atom. The van der Waals surface area contributed by atoms with Gasteiger partial charge in [-0.2, -0.15) is 0 Å². The highest BCUT2D eigenvalue weighted by atomic mass is 16.5. The molecular formula is C26H30N2O5. The number of rotatable bonds is 10. The van der Waals surface area contributed by atoms with Crippen LogP contribution in [-0.2, 0) is 27.2 Å². The second-order valence-corrected chi connectivity index (χ2v) is 8.00. The lowest BCUT2D eigenvalue weighted by Gasteiger charge is -2.24. The van der Waals surface area contributed by atoms with E-state index in [2.05, 4.69) is 5.32 Å². The minimum absolute atomic E-state index is 0.276. The van der Waals surface area contributed by atoms with E-state index in [1.165, 1.54) is 0 Å². The standard InChI is InChI=1S/C26H30N2O5/c1-4-7-15-21(28-24(30)19-13-8-9-14-20(19)25(28)31)26(32)33-16-22(29)27-23-17(5-2)11-10-12-18(23)6-3/h8-14,21H,4-7,15-16H2,1-3H3,(H,27,29)/t21-/m1/s1. The minimum atomic E-state index is -1.07. The molecule has 0 unspecified atom stereocenters. The smallest absolute Gasteiger partial charge is 0.329 e. The number of fused-ring (bicyclic) bond motifs is 1. The molecule has 3 amide bonds. The molecule has 0 aliphatic carbocycles. The highest BCUT2D eigenvalue weighted by Crippen LogP contribution is 2.27. The van der Waals surface area contributed by atoms with Crippen LogP contribution in [0, 0.1) is 0 Å². The SMILES string of the molecule is CCCC[C@H](C(=O)OCC(=O)Nc1c(CC)cccc1CC)N1C(=O)c2ccccc2C1=O. The summed E-state index contributed by atoms with van der Waals surface area (Å²) in [4.78, 5) is 52.2. The summed E-state index contributed by atoms with van der Waals surface area (Å²) in [5.41, 5.74) is 3.30. The topological polar surface area (TPSA) is 92.8 Å². The molecule has 1 aliphatic heterocycles. The van der Waals surface area contributed by atoms with Crippen molar-refractivity contribution >= 4 is 29.4 Å². The number of hydrogen-bond acceptors (Lipinski definition) is 5. The summed E-state index contributed by atoms with van der Waals surface area (Å²) in [6.07, 6.45) is 3.19. The molecule has 7 heteroatoms. The number of esters is 1. The maximum Gasteiger partial charge on any atom is 0.329 e. The predicted octanol–water partition coefficient (Wildman–Crippen LogP) is 4.15. The van der Waals surface area contributed by atoms with Gasteiger partial charge in [0.25, 0.3) is 17.7 Å². The molecule has 0 fully saturated rings. The third kappa shape index (κ3) is 5.13. The van der Waals surface area contributed by atoms with Crippen molar-refractivity contribution in [3.63, 3.8) is 0 Å². The number of amides is 3. The van der Waals surface area contributed by atoms with E-state index in [0.717, 1.165) is 41.0 Å². The van der Waals surface area contributed by atoms with Gasteiger partial charge in [0.1, 0.15) is 6.04 Å². The Labute approximate surface area is 194 Å². The lowest BCUT2D eigenvalue weighted by Crippen LogP contribution is -2.46. The fraction of sp³-hybridized carbons (Fsp3) is 0.385. The summed E-state index contributed by atoms with van der Waals surface area (Å²) < 4.78 is 5.29. The van der Waals surface area contributed by atoms with Crippen molar-refractivity contribution in [3.8, 4) is 0 Å². The first-order chi connectivity index (χ1) is 15.9. The third-order valence-corrected chi connectivity index (χ3v) is 5.85. The van der Waals surface area contributed by atoms with Crippen molar-refractivity contribution in [2.24, 2.45) is 0 Å². The van der Waals surface area contributed by atoms with Crippen molar-refractivity contribution in [1.29, 1.82) is 0 Å². The summed E-state index contributed by atoms with van der Waals surface area (Å²) in [7, 11) is 0. The normalized spacial score (nSPS) is 13.6. The van der Waals surface area contributed by atoms with Crippen LogP contribution < -0.4 is 5.32 Å². The van der Waals surface area contributed by atoms with Crippen LogP contribution in [0.25, 0.3) is 0 Å². The second-order valence-electron chi connectivity index (χ2n) is 8.00. The fourth-order valence-corrected chi connectivity index (χ4v) is 4.05. The van der Waals surface area contributed by atoms with Crippen molar-refractivity contribution in [2.45, 2.75) is 58.9 Å². The van der Waals surface area contributed by atoms with E-state index < -0.39 is 36.3 Å². The van der Waals surface area contributed by atoms with E-state index >= 15 is 0 Å². The van der Waals surface area contributed by atoms with Gasteiger partial charge in [0, 0.05) is 5.69 Å². The maximum atomic E-state index is 12.9. The van der Waals surface area contributed by atoms with Gasteiger partial charge in [0.05, 0.1) is 11.1 Å². The summed E-state index contributed by atoms with van der Waals surface area (Å²) in [5, 5.41) is 2.86. The lowest BCUT2D eigenvalue weighted by atomic mass is 10.0. The molecule has 1 atom stereocenters. The van der Waals surface area contributed by atoms with E-state index in [-0.39, 0.29) is 17.5 Å². The number of hydrogen-bond donors (Lipinski definition) is 1. The first-order valence-corrected chi connectivity index (χ1v) is 11.5. The van der Waals surface area contributed by atoms with Crippen LogP contribution in [0.4, 0.5) is 5.69 Å². The van der Waals surface area contributed by atoms with Gasteiger partial charge in [-0.25, -0.2) is 4.79 Å². The van der Waals surface area contributed by atoms with Crippen molar-refractivity contribution in [2.75, 3.05) is 11.9 Å². The highest BCUT2D eigenvalue weighted by Gasteiger charge is 2.43. The molecule has 0 aromatic heterocycles. The minimum Gasteiger partial charge on any atom is -0.454 e. The Balaban J connectivity index is 1.71. The van der Waals surface area contributed by atoms with Gasteiger partial charge in [0.15, 0.2) is 6.61 Å². The van der Waals surface area contributed by atoms with Crippen LogP contribution in [0.2, 0.25) is 0 Å². The largest absolute Gasteiger partial charge is 0.454 e. The Hall–Kier alpha value is -3.48. The van der Waals surface area contributed by atoms with Gasteiger partial charge >= 0.3 is 5.97 Å². The molecular weight excluding hydrogens is 420 g/mol. The first kappa shape index (κ1) is 24.2. The molecule has 2 aromatic carbocycles. The summed E-state index contributed by atoms with van der Waals surface area (Å²) in [6.45, 7) is 5.47. The Kier molecular flexibility index (Phi) is 7.98. The lowest BCUT2D eigenvalue weighted by molar-refractivity contribution is -0.151. The number of para-hydroxylation sites is 1. The van der Waals surface area contributed by atoms with Crippen molar-refractivity contribution in [1.82, 2.24) is 4.90 Å². The summed E-state index contributed by atoms with van der Waals surface area (Å²) >= 11 is 0. The van der Waals surface area contributed by atoms with E-state index in [4.69, 9.17) is 4.74 Å². The van der Waals surface area contributed by atoms with Gasteiger partial charge < -0.3 is 10.1 Å². The molecule has 1 heterocycles. The van der Waals surface area contributed by atoms with Crippen LogP contribution in [0.5, 0.6) is 0 Å². The molecule has 0 radical (unpaired) electrons. The number of benzene rings is 2. The maximum absolute atomic E-state index is 12.9. The van der Waals surface area contributed by atoms with Gasteiger partial charge in [-0.05, 0) is 42.5 Å². The van der Waals surface area contributed by atoms with E-state index in [1.807, 2.05) is 39.0 Å². The number of nitrogens with one attached hydrogen (secondary N) is 1. The fourth-order valence-electron chi connectivity index (χ4n) is 4.05. The molecule has 174 valence electrons. The molecule has 1 N–H and O–H groups in total. The van der Waals surface area contributed by atoms with Crippen LogP contribution in [0.15, 0.2) is 42.5 Å². The molecule has 0 bridgehead atoms. The zero-order valence-electron chi connectivity index (χ0n) is 19.3.